The summed E-state index contributed by atoms with van der Waals surface area (Å²) in [5.41, 5.74) is 1.11. The van der Waals surface area contributed by atoms with Gasteiger partial charge in [-0.25, -0.2) is 0 Å². The Balaban J connectivity index is 1.37. The molecule has 0 aliphatic carbocycles. The number of amides is 1. The second-order valence-corrected chi connectivity index (χ2v) is 6.73. The number of nitrogens with zero attached hydrogens (tertiary/aromatic N) is 2. The Bertz CT molecular complexity index is 477. The number of ether oxygens (including phenoxy) is 1. The topological polar surface area (TPSA) is 32.8 Å². The Morgan fingerprint density at radius 2 is 1.74 bits per heavy atom. The van der Waals surface area contributed by atoms with E-state index >= 15 is 0 Å². The maximum absolute atomic E-state index is 12.4. The molecule has 4 nitrogen and oxygen atoms in total. The predicted octanol–water partition coefficient (Wildman–Crippen LogP) is 2.19. The average Bonchev–Trinajstić information content (AvgIpc) is 2.62. The lowest BCUT2D eigenvalue weighted by molar-refractivity contribution is -0.132. The fraction of sp³-hybridized carbons (Fsp3) is 0.632. The Kier molecular flexibility index (Phi) is 6.06. The fourth-order valence-corrected chi connectivity index (χ4v) is 3.50. The van der Waals surface area contributed by atoms with Crippen LogP contribution in [0.3, 0.4) is 0 Å². The zero-order valence-corrected chi connectivity index (χ0v) is 14.0. The molecule has 126 valence electrons. The lowest BCUT2D eigenvalue weighted by Gasteiger charge is -2.35. The molecule has 0 bridgehead atoms. The zero-order chi connectivity index (χ0) is 15.9. The number of hydrogen-bond acceptors (Lipinski definition) is 3. The van der Waals surface area contributed by atoms with E-state index in [1.807, 2.05) is 35.2 Å². The molecule has 3 rings (SSSR count). The van der Waals surface area contributed by atoms with Crippen LogP contribution in [0.15, 0.2) is 30.3 Å². The Morgan fingerprint density at radius 3 is 2.43 bits per heavy atom. The number of piperazine rings is 1. The van der Waals surface area contributed by atoms with Gasteiger partial charge in [0.15, 0.2) is 0 Å². The van der Waals surface area contributed by atoms with Gasteiger partial charge in [-0.3, -0.25) is 9.69 Å². The van der Waals surface area contributed by atoms with Crippen molar-refractivity contribution in [2.75, 3.05) is 45.9 Å². The normalized spacial score (nSPS) is 20.6. The van der Waals surface area contributed by atoms with Gasteiger partial charge in [-0.2, -0.15) is 0 Å². The van der Waals surface area contributed by atoms with Gasteiger partial charge in [-0.15, -0.1) is 0 Å². The first-order valence-corrected chi connectivity index (χ1v) is 8.93. The third kappa shape index (κ3) is 5.05. The molecule has 0 atom stereocenters. The van der Waals surface area contributed by atoms with Crippen LogP contribution in [0.2, 0.25) is 0 Å². The monoisotopic (exact) mass is 316 g/mol. The first kappa shape index (κ1) is 16.5. The second-order valence-electron chi connectivity index (χ2n) is 6.73. The standard InChI is InChI=1S/C19H28N2O2/c22-19(16-18-4-2-1-3-5-18)21-12-10-20(11-13-21)9-6-17-7-14-23-15-8-17/h1-5,17H,6-16H2. The van der Waals surface area contributed by atoms with Crippen molar-refractivity contribution in [3.05, 3.63) is 35.9 Å². The molecule has 2 heterocycles. The molecule has 2 aliphatic heterocycles. The summed E-state index contributed by atoms with van der Waals surface area (Å²) < 4.78 is 5.42. The minimum absolute atomic E-state index is 0.264. The van der Waals surface area contributed by atoms with Crippen LogP contribution in [0.4, 0.5) is 0 Å². The van der Waals surface area contributed by atoms with Gasteiger partial charge in [0.1, 0.15) is 0 Å². The molecule has 2 fully saturated rings. The first-order valence-electron chi connectivity index (χ1n) is 8.93. The van der Waals surface area contributed by atoms with Gasteiger partial charge in [0.2, 0.25) is 5.91 Å². The summed E-state index contributed by atoms with van der Waals surface area (Å²) in [5, 5.41) is 0. The van der Waals surface area contributed by atoms with Crippen LogP contribution in [-0.4, -0.2) is 61.6 Å². The molecule has 0 unspecified atom stereocenters. The average molecular weight is 316 g/mol. The van der Waals surface area contributed by atoms with E-state index in [-0.39, 0.29) is 5.91 Å². The molecule has 0 aromatic heterocycles. The summed E-state index contributed by atoms with van der Waals surface area (Å²) in [6.45, 7) is 6.83. The van der Waals surface area contributed by atoms with E-state index in [2.05, 4.69) is 4.90 Å². The van der Waals surface area contributed by atoms with Crippen molar-refractivity contribution < 1.29 is 9.53 Å². The molecule has 0 N–H and O–H groups in total. The first-order chi connectivity index (χ1) is 11.3. The van der Waals surface area contributed by atoms with E-state index in [1.165, 1.54) is 25.8 Å². The quantitative estimate of drug-likeness (QED) is 0.835. The molecular weight excluding hydrogens is 288 g/mol. The summed E-state index contributed by atoms with van der Waals surface area (Å²) in [6, 6.07) is 10.0. The van der Waals surface area contributed by atoms with Crippen LogP contribution >= 0.6 is 0 Å². The summed E-state index contributed by atoms with van der Waals surface area (Å²) in [5.74, 6) is 1.10. The third-order valence-electron chi connectivity index (χ3n) is 5.12. The van der Waals surface area contributed by atoms with E-state index < -0.39 is 0 Å². The number of benzene rings is 1. The summed E-state index contributed by atoms with van der Waals surface area (Å²) in [4.78, 5) is 16.9. The van der Waals surface area contributed by atoms with E-state index in [0.717, 1.165) is 50.9 Å². The lowest BCUT2D eigenvalue weighted by atomic mass is 9.96. The highest BCUT2D eigenvalue weighted by molar-refractivity contribution is 5.78. The fourth-order valence-electron chi connectivity index (χ4n) is 3.50. The summed E-state index contributed by atoms with van der Waals surface area (Å²) in [6.07, 6.45) is 4.25. The van der Waals surface area contributed by atoms with E-state index in [9.17, 15) is 4.79 Å². The van der Waals surface area contributed by atoms with Crippen LogP contribution in [0.5, 0.6) is 0 Å². The minimum atomic E-state index is 0.264. The molecule has 0 spiro atoms. The van der Waals surface area contributed by atoms with Crippen molar-refractivity contribution in [2.24, 2.45) is 5.92 Å². The maximum Gasteiger partial charge on any atom is 0.227 e. The highest BCUT2D eigenvalue weighted by Crippen LogP contribution is 2.19. The van der Waals surface area contributed by atoms with Gasteiger partial charge < -0.3 is 9.64 Å². The van der Waals surface area contributed by atoms with Crippen molar-refractivity contribution in [3.8, 4) is 0 Å². The number of rotatable bonds is 5. The Morgan fingerprint density at radius 1 is 1.04 bits per heavy atom. The predicted molar refractivity (Wildman–Crippen MR) is 91.3 cm³/mol. The largest absolute Gasteiger partial charge is 0.381 e. The molecule has 23 heavy (non-hydrogen) atoms. The molecule has 4 heteroatoms. The van der Waals surface area contributed by atoms with Gasteiger partial charge in [-0.1, -0.05) is 30.3 Å². The second kappa shape index (κ2) is 8.46. The van der Waals surface area contributed by atoms with E-state index in [1.54, 1.807) is 0 Å². The van der Waals surface area contributed by atoms with Crippen LogP contribution < -0.4 is 0 Å². The molecule has 2 saturated heterocycles. The van der Waals surface area contributed by atoms with Crippen molar-refractivity contribution in [1.29, 1.82) is 0 Å². The number of carbonyl (C=O) groups is 1. The molecule has 1 amide bonds. The van der Waals surface area contributed by atoms with Gasteiger partial charge in [0.25, 0.3) is 0 Å². The molecule has 0 saturated carbocycles. The molecule has 2 aliphatic rings. The molecular formula is C19H28N2O2. The number of carbonyl (C=O) groups excluding carboxylic acids is 1. The SMILES string of the molecule is O=C(Cc1ccccc1)N1CCN(CCC2CCOCC2)CC1. The van der Waals surface area contributed by atoms with Gasteiger partial charge in [0, 0.05) is 39.4 Å². The van der Waals surface area contributed by atoms with E-state index in [0.29, 0.717) is 6.42 Å². The van der Waals surface area contributed by atoms with E-state index in [4.69, 9.17) is 4.74 Å². The lowest BCUT2D eigenvalue weighted by Crippen LogP contribution is -2.49. The maximum atomic E-state index is 12.4. The highest BCUT2D eigenvalue weighted by Gasteiger charge is 2.22. The van der Waals surface area contributed by atoms with Crippen LogP contribution in [-0.2, 0) is 16.0 Å². The molecule has 1 aromatic carbocycles. The van der Waals surface area contributed by atoms with Gasteiger partial charge in [0.05, 0.1) is 6.42 Å². The Labute approximate surface area is 139 Å². The van der Waals surface area contributed by atoms with Gasteiger partial charge in [-0.05, 0) is 37.3 Å². The van der Waals surface area contributed by atoms with Crippen molar-refractivity contribution in [1.82, 2.24) is 9.80 Å². The summed E-state index contributed by atoms with van der Waals surface area (Å²) >= 11 is 0. The molecule has 1 aromatic rings. The highest BCUT2D eigenvalue weighted by atomic mass is 16.5. The minimum Gasteiger partial charge on any atom is -0.381 e. The van der Waals surface area contributed by atoms with Crippen LogP contribution in [0.1, 0.15) is 24.8 Å². The van der Waals surface area contributed by atoms with Crippen LogP contribution in [0.25, 0.3) is 0 Å². The third-order valence-corrected chi connectivity index (χ3v) is 5.12. The molecule has 0 radical (unpaired) electrons. The summed E-state index contributed by atoms with van der Waals surface area (Å²) in [7, 11) is 0. The smallest absolute Gasteiger partial charge is 0.227 e. The Hall–Kier alpha value is -1.39. The van der Waals surface area contributed by atoms with Crippen molar-refractivity contribution in [2.45, 2.75) is 25.7 Å². The van der Waals surface area contributed by atoms with Crippen molar-refractivity contribution >= 4 is 5.91 Å². The number of hydrogen-bond donors (Lipinski definition) is 0. The van der Waals surface area contributed by atoms with Crippen LogP contribution in [0, 0.1) is 5.92 Å². The van der Waals surface area contributed by atoms with Gasteiger partial charge >= 0.3 is 0 Å². The zero-order valence-electron chi connectivity index (χ0n) is 14.0. The van der Waals surface area contributed by atoms with Crippen molar-refractivity contribution in [3.63, 3.8) is 0 Å².